The van der Waals surface area contributed by atoms with Crippen molar-refractivity contribution in [3.63, 3.8) is 0 Å². The molecule has 3 N–H and O–H groups in total. The summed E-state index contributed by atoms with van der Waals surface area (Å²) in [6.45, 7) is 3.11. The number of aryl methyl sites for hydroxylation is 1. The minimum atomic E-state index is -0.484. The lowest BCUT2D eigenvalue weighted by Gasteiger charge is -2.15. The Balaban J connectivity index is 1.74. The molecular weight excluding hydrogens is 308 g/mol. The van der Waals surface area contributed by atoms with Crippen molar-refractivity contribution in [3.05, 3.63) is 47.3 Å². The number of hydrogen-bond donors (Lipinski definition) is 2. The van der Waals surface area contributed by atoms with Gasteiger partial charge in [-0.1, -0.05) is 6.07 Å². The Morgan fingerprint density at radius 3 is 2.67 bits per heavy atom. The van der Waals surface area contributed by atoms with E-state index >= 15 is 0 Å². The van der Waals surface area contributed by atoms with Gasteiger partial charge in [-0.05, 0) is 36.2 Å². The van der Waals surface area contributed by atoms with Crippen LogP contribution in [0.1, 0.15) is 28.5 Å². The normalized spacial score (nSPS) is 12.8. The van der Waals surface area contributed by atoms with Crippen molar-refractivity contribution < 1.29 is 14.3 Å². The third-order valence-electron chi connectivity index (χ3n) is 3.98. The molecule has 7 nitrogen and oxygen atoms in total. The number of aromatic nitrogens is 1. The van der Waals surface area contributed by atoms with Crippen molar-refractivity contribution >= 4 is 23.4 Å². The van der Waals surface area contributed by atoms with E-state index in [-0.39, 0.29) is 5.91 Å². The number of ether oxygens (including phenoxy) is 1. The lowest BCUT2D eigenvalue weighted by atomic mass is 10.1. The Hall–Kier alpha value is -2.96. The van der Waals surface area contributed by atoms with E-state index in [9.17, 15) is 9.59 Å². The minimum Gasteiger partial charge on any atom is -0.450 e. The van der Waals surface area contributed by atoms with Crippen LogP contribution in [0.25, 0.3) is 0 Å². The van der Waals surface area contributed by atoms with E-state index in [1.807, 2.05) is 18.2 Å². The smallest absolute Gasteiger partial charge is 0.411 e. The van der Waals surface area contributed by atoms with Gasteiger partial charge in [0.1, 0.15) is 5.69 Å². The molecule has 0 spiro atoms. The van der Waals surface area contributed by atoms with Crippen LogP contribution < -0.4 is 11.1 Å². The van der Waals surface area contributed by atoms with Gasteiger partial charge in [-0.3, -0.25) is 10.1 Å². The Morgan fingerprint density at radius 2 is 2.00 bits per heavy atom. The van der Waals surface area contributed by atoms with Gasteiger partial charge < -0.3 is 19.9 Å². The number of hydrogen-bond acceptors (Lipinski definition) is 4. The topological polar surface area (TPSA) is 89.6 Å². The summed E-state index contributed by atoms with van der Waals surface area (Å²) in [6, 6.07) is 7.28. The maximum absolute atomic E-state index is 12.7. The van der Waals surface area contributed by atoms with E-state index in [1.54, 1.807) is 35.7 Å². The van der Waals surface area contributed by atoms with Crippen LogP contribution >= 0.6 is 0 Å². The largest absolute Gasteiger partial charge is 0.450 e. The van der Waals surface area contributed by atoms with Gasteiger partial charge >= 0.3 is 6.09 Å². The molecule has 7 heteroatoms. The van der Waals surface area contributed by atoms with Gasteiger partial charge in [-0.15, -0.1) is 0 Å². The number of amides is 2. The van der Waals surface area contributed by atoms with Gasteiger partial charge in [0.05, 0.1) is 12.3 Å². The van der Waals surface area contributed by atoms with Gasteiger partial charge in [0.2, 0.25) is 0 Å². The summed E-state index contributed by atoms with van der Waals surface area (Å²) in [5.74, 6) is -0.0645. The molecule has 1 aromatic heterocycles. The number of nitrogens with zero attached hydrogens (tertiary/aromatic N) is 2. The van der Waals surface area contributed by atoms with Gasteiger partial charge in [0, 0.05) is 32.0 Å². The van der Waals surface area contributed by atoms with Crippen LogP contribution in [-0.2, 0) is 24.9 Å². The van der Waals surface area contributed by atoms with Crippen LogP contribution in [0, 0.1) is 0 Å². The quantitative estimate of drug-likeness (QED) is 0.905. The number of carbonyl (C=O) groups excluding carboxylic acids is 2. The first-order valence-corrected chi connectivity index (χ1v) is 7.74. The molecule has 0 saturated carbocycles. The number of fused-ring (bicyclic) bond motifs is 1. The zero-order valence-corrected chi connectivity index (χ0v) is 13.7. The van der Waals surface area contributed by atoms with Gasteiger partial charge in [0.15, 0.2) is 0 Å². The molecule has 1 aliphatic rings. The lowest BCUT2D eigenvalue weighted by molar-refractivity contribution is 0.0741. The fourth-order valence-electron chi connectivity index (χ4n) is 2.87. The molecular formula is C17H20N4O3. The molecule has 2 amide bonds. The molecule has 24 heavy (non-hydrogen) atoms. The van der Waals surface area contributed by atoms with Crippen molar-refractivity contribution in [2.24, 2.45) is 7.05 Å². The summed E-state index contributed by atoms with van der Waals surface area (Å²) in [6.07, 6.45) is 1.24. The molecule has 2 heterocycles. The maximum Gasteiger partial charge on any atom is 0.411 e. The highest BCUT2D eigenvalue weighted by Gasteiger charge is 2.26. The van der Waals surface area contributed by atoms with E-state index in [1.165, 1.54) is 0 Å². The standard InChI is InChI=1S/C17H20N4O3/c1-3-24-17(23)19-14-5-4-11-8-21(9-12(11)6-14)16(22)15-7-13(18)10-20(15)2/h4-7,10H,3,8-9,18H2,1-2H3,(H,19,23). The molecule has 0 fully saturated rings. The zero-order chi connectivity index (χ0) is 17.3. The first-order chi connectivity index (χ1) is 11.5. The van der Waals surface area contributed by atoms with Gasteiger partial charge in [-0.25, -0.2) is 4.79 Å². The molecule has 2 aromatic rings. The summed E-state index contributed by atoms with van der Waals surface area (Å²) < 4.78 is 6.60. The molecule has 126 valence electrons. The average molecular weight is 328 g/mol. The van der Waals surface area contributed by atoms with Crippen molar-refractivity contribution in [2.45, 2.75) is 20.0 Å². The molecule has 1 aliphatic heterocycles. The summed E-state index contributed by atoms with van der Waals surface area (Å²) in [7, 11) is 1.80. The first-order valence-electron chi connectivity index (χ1n) is 7.74. The SMILES string of the molecule is CCOC(=O)Nc1ccc2c(c1)CN(C(=O)c1cc(N)cn1C)C2. The zero-order valence-electron chi connectivity index (χ0n) is 13.7. The molecule has 0 unspecified atom stereocenters. The second-order valence-corrected chi connectivity index (χ2v) is 5.76. The van der Waals surface area contributed by atoms with E-state index in [0.717, 1.165) is 11.1 Å². The number of carbonyl (C=O) groups is 2. The van der Waals surface area contributed by atoms with Crippen molar-refractivity contribution in [2.75, 3.05) is 17.7 Å². The predicted molar refractivity (Wildman–Crippen MR) is 90.5 cm³/mol. The molecule has 0 radical (unpaired) electrons. The third kappa shape index (κ3) is 3.05. The van der Waals surface area contributed by atoms with Crippen LogP contribution in [0.5, 0.6) is 0 Å². The Kier molecular flexibility index (Phi) is 4.16. The third-order valence-corrected chi connectivity index (χ3v) is 3.98. The second kappa shape index (κ2) is 6.27. The van der Waals surface area contributed by atoms with E-state index < -0.39 is 6.09 Å². The van der Waals surface area contributed by atoms with E-state index in [2.05, 4.69) is 5.32 Å². The number of nitrogens with two attached hydrogens (primary N) is 1. The van der Waals surface area contributed by atoms with Crippen molar-refractivity contribution in [1.29, 1.82) is 0 Å². The fourth-order valence-corrected chi connectivity index (χ4v) is 2.87. The average Bonchev–Trinajstić information content (AvgIpc) is 3.09. The molecule has 3 rings (SSSR count). The van der Waals surface area contributed by atoms with Crippen molar-refractivity contribution in [1.82, 2.24) is 9.47 Å². The van der Waals surface area contributed by atoms with Gasteiger partial charge in [0.25, 0.3) is 5.91 Å². The maximum atomic E-state index is 12.7. The van der Waals surface area contributed by atoms with Crippen molar-refractivity contribution in [3.8, 4) is 0 Å². The fraction of sp³-hybridized carbons (Fsp3) is 0.294. The molecule has 0 bridgehead atoms. The lowest BCUT2D eigenvalue weighted by Crippen LogP contribution is -2.26. The minimum absolute atomic E-state index is 0.0645. The van der Waals surface area contributed by atoms with Crippen LogP contribution in [-0.4, -0.2) is 28.1 Å². The Labute approximate surface area is 140 Å². The van der Waals surface area contributed by atoms with Crippen LogP contribution in [0.4, 0.5) is 16.2 Å². The summed E-state index contributed by atoms with van der Waals surface area (Å²) in [5, 5.41) is 2.68. The molecule has 0 aliphatic carbocycles. The molecule has 0 atom stereocenters. The number of nitrogens with one attached hydrogen (secondary N) is 1. The monoisotopic (exact) mass is 328 g/mol. The first kappa shape index (κ1) is 15.9. The Bertz CT molecular complexity index is 797. The van der Waals surface area contributed by atoms with Crippen LogP contribution in [0.2, 0.25) is 0 Å². The summed E-state index contributed by atoms with van der Waals surface area (Å²) in [5.41, 5.74) is 9.62. The highest BCUT2D eigenvalue weighted by molar-refractivity contribution is 5.94. The van der Waals surface area contributed by atoms with Crippen LogP contribution in [0.3, 0.4) is 0 Å². The summed E-state index contributed by atoms with van der Waals surface area (Å²) >= 11 is 0. The molecule has 0 saturated heterocycles. The second-order valence-electron chi connectivity index (χ2n) is 5.76. The number of anilines is 2. The highest BCUT2D eigenvalue weighted by Crippen LogP contribution is 2.27. The number of nitrogen functional groups attached to an aromatic ring is 1. The number of benzene rings is 1. The van der Waals surface area contributed by atoms with Gasteiger partial charge in [-0.2, -0.15) is 0 Å². The van der Waals surface area contributed by atoms with Crippen LogP contribution in [0.15, 0.2) is 30.5 Å². The van der Waals surface area contributed by atoms with E-state index in [4.69, 9.17) is 10.5 Å². The van der Waals surface area contributed by atoms with E-state index in [0.29, 0.717) is 36.8 Å². The predicted octanol–water partition coefficient (Wildman–Crippen LogP) is 2.33. The highest BCUT2D eigenvalue weighted by atomic mass is 16.5. The Morgan fingerprint density at radius 1 is 1.25 bits per heavy atom. The number of rotatable bonds is 3. The molecule has 1 aromatic carbocycles. The summed E-state index contributed by atoms with van der Waals surface area (Å²) in [4.78, 5) is 25.9.